The molecule has 0 amide bonds. The van der Waals surface area contributed by atoms with E-state index in [1.54, 1.807) is 7.11 Å². The van der Waals surface area contributed by atoms with Crippen LogP contribution in [0, 0.1) is 0 Å². The summed E-state index contributed by atoms with van der Waals surface area (Å²) in [5, 5.41) is 6.59. The molecule has 0 aromatic heterocycles. The second kappa shape index (κ2) is 6.06. The Hall–Kier alpha value is -2.19. The van der Waals surface area contributed by atoms with Gasteiger partial charge in [-0.25, -0.2) is 0 Å². The molecule has 3 aromatic rings. The highest BCUT2D eigenvalue weighted by Gasteiger charge is 2.04. The van der Waals surface area contributed by atoms with Gasteiger partial charge in [0.1, 0.15) is 5.75 Å². The normalized spacial score (nSPS) is 10.6. The number of fused-ring (bicyclic) bond motifs is 1. The molecule has 1 N–H and O–H groups in total. The number of methoxy groups -OCH3 is 1. The molecule has 0 aliphatic rings. The van der Waals surface area contributed by atoms with Crippen LogP contribution in [0.2, 0.25) is 5.02 Å². The number of nitrogens with one attached hydrogen (secondary N) is 1. The largest absolute Gasteiger partial charge is 0.496 e. The molecule has 2 nitrogen and oxygen atoms in total. The van der Waals surface area contributed by atoms with E-state index < -0.39 is 0 Å². The maximum absolute atomic E-state index is 6.05. The molecule has 0 aliphatic carbocycles. The minimum Gasteiger partial charge on any atom is -0.496 e. The third-order valence-electron chi connectivity index (χ3n) is 3.47. The minimum absolute atomic E-state index is 0.669. The summed E-state index contributed by atoms with van der Waals surface area (Å²) in [5.41, 5.74) is 2.12. The van der Waals surface area contributed by atoms with Crippen LogP contribution in [0.5, 0.6) is 5.75 Å². The van der Waals surface area contributed by atoms with Crippen molar-refractivity contribution in [2.24, 2.45) is 0 Å². The Kier molecular flexibility index (Phi) is 3.98. The van der Waals surface area contributed by atoms with Gasteiger partial charge in [0.05, 0.1) is 7.11 Å². The lowest BCUT2D eigenvalue weighted by atomic mass is 10.1. The van der Waals surface area contributed by atoms with Gasteiger partial charge in [-0.15, -0.1) is 0 Å². The summed E-state index contributed by atoms with van der Waals surface area (Å²) in [7, 11) is 1.67. The summed E-state index contributed by atoms with van der Waals surface area (Å²) < 4.78 is 5.36. The Morgan fingerprint density at radius 2 is 1.76 bits per heavy atom. The molecule has 21 heavy (non-hydrogen) atoms. The first-order valence-electron chi connectivity index (χ1n) is 6.81. The molecule has 0 saturated heterocycles. The van der Waals surface area contributed by atoms with E-state index in [2.05, 4.69) is 35.6 Å². The molecule has 0 bridgehead atoms. The third kappa shape index (κ3) is 3.11. The van der Waals surface area contributed by atoms with Crippen LogP contribution in [0.25, 0.3) is 10.8 Å². The Balaban J connectivity index is 1.81. The zero-order valence-corrected chi connectivity index (χ0v) is 12.5. The van der Waals surface area contributed by atoms with Crippen molar-refractivity contribution in [1.29, 1.82) is 0 Å². The second-order valence-corrected chi connectivity index (χ2v) is 5.31. The molecular weight excluding hydrogens is 282 g/mol. The van der Waals surface area contributed by atoms with Crippen LogP contribution in [0.1, 0.15) is 5.56 Å². The molecule has 0 heterocycles. The fourth-order valence-corrected chi connectivity index (χ4v) is 2.58. The van der Waals surface area contributed by atoms with Crippen LogP contribution < -0.4 is 10.1 Å². The van der Waals surface area contributed by atoms with Crippen LogP contribution in [0.3, 0.4) is 0 Å². The van der Waals surface area contributed by atoms with Crippen molar-refractivity contribution in [3.05, 3.63) is 71.2 Å². The van der Waals surface area contributed by atoms with E-state index in [1.807, 2.05) is 30.3 Å². The first-order valence-corrected chi connectivity index (χ1v) is 7.19. The number of rotatable bonds is 4. The van der Waals surface area contributed by atoms with E-state index in [4.69, 9.17) is 16.3 Å². The molecule has 0 atom stereocenters. The van der Waals surface area contributed by atoms with Crippen molar-refractivity contribution in [3.63, 3.8) is 0 Å². The molecule has 0 spiro atoms. The van der Waals surface area contributed by atoms with Gasteiger partial charge in [0.2, 0.25) is 0 Å². The monoisotopic (exact) mass is 297 g/mol. The standard InChI is InChI=1S/C18H16ClNO/c1-21-18-9-7-16(19)10-15(18)12-20-17-8-6-13-4-2-3-5-14(13)11-17/h2-11,20H,12H2,1H3. The molecule has 3 heteroatoms. The lowest BCUT2D eigenvalue weighted by Crippen LogP contribution is -2.01. The lowest BCUT2D eigenvalue weighted by Gasteiger charge is -2.11. The fourth-order valence-electron chi connectivity index (χ4n) is 2.38. The zero-order chi connectivity index (χ0) is 14.7. The Labute approximate surface area is 129 Å². The van der Waals surface area contributed by atoms with Crippen molar-refractivity contribution in [3.8, 4) is 5.75 Å². The lowest BCUT2D eigenvalue weighted by molar-refractivity contribution is 0.410. The van der Waals surface area contributed by atoms with E-state index in [0.717, 1.165) is 17.0 Å². The topological polar surface area (TPSA) is 21.3 Å². The van der Waals surface area contributed by atoms with E-state index in [-0.39, 0.29) is 0 Å². The second-order valence-electron chi connectivity index (χ2n) is 4.87. The van der Waals surface area contributed by atoms with Crippen LogP contribution >= 0.6 is 11.6 Å². The van der Waals surface area contributed by atoms with Gasteiger partial charge in [0, 0.05) is 22.8 Å². The predicted molar refractivity (Wildman–Crippen MR) is 89.3 cm³/mol. The first-order chi connectivity index (χ1) is 10.3. The molecule has 0 fully saturated rings. The number of ether oxygens (including phenoxy) is 1. The molecule has 0 unspecified atom stereocenters. The average molecular weight is 298 g/mol. The summed E-state index contributed by atoms with van der Waals surface area (Å²) in [6.07, 6.45) is 0. The third-order valence-corrected chi connectivity index (χ3v) is 3.71. The SMILES string of the molecule is COc1ccc(Cl)cc1CNc1ccc2ccccc2c1. The van der Waals surface area contributed by atoms with Gasteiger partial charge in [0.15, 0.2) is 0 Å². The minimum atomic E-state index is 0.669. The van der Waals surface area contributed by atoms with Crippen molar-refractivity contribution < 1.29 is 4.74 Å². The molecular formula is C18H16ClNO. The molecule has 3 aromatic carbocycles. The maximum Gasteiger partial charge on any atom is 0.123 e. The van der Waals surface area contributed by atoms with Crippen molar-refractivity contribution in [2.45, 2.75) is 6.54 Å². The Morgan fingerprint density at radius 1 is 0.952 bits per heavy atom. The molecule has 106 valence electrons. The van der Waals surface area contributed by atoms with Gasteiger partial charge >= 0.3 is 0 Å². The average Bonchev–Trinajstić information content (AvgIpc) is 2.53. The highest BCUT2D eigenvalue weighted by Crippen LogP contribution is 2.24. The predicted octanol–water partition coefficient (Wildman–Crippen LogP) is 5.11. The van der Waals surface area contributed by atoms with Gasteiger partial charge in [-0.05, 0) is 41.1 Å². The van der Waals surface area contributed by atoms with Gasteiger partial charge < -0.3 is 10.1 Å². The summed E-state index contributed by atoms with van der Waals surface area (Å²) in [6, 6.07) is 20.3. The zero-order valence-electron chi connectivity index (χ0n) is 11.8. The fraction of sp³-hybridized carbons (Fsp3) is 0.111. The quantitative estimate of drug-likeness (QED) is 0.722. The number of halogens is 1. The smallest absolute Gasteiger partial charge is 0.123 e. The molecule has 0 aliphatic heterocycles. The first kappa shape index (κ1) is 13.8. The van der Waals surface area contributed by atoms with E-state index in [1.165, 1.54) is 10.8 Å². The van der Waals surface area contributed by atoms with Crippen molar-refractivity contribution in [1.82, 2.24) is 0 Å². The molecule has 3 rings (SSSR count). The van der Waals surface area contributed by atoms with Crippen molar-refractivity contribution in [2.75, 3.05) is 12.4 Å². The summed E-state index contributed by atoms with van der Waals surface area (Å²) >= 11 is 6.05. The van der Waals surface area contributed by atoms with Gasteiger partial charge in [0.25, 0.3) is 0 Å². The van der Waals surface area contributed by atoms with E-state index in [0.29, 0.717) is 11.6 Å². The highest BCUT2D eigenvalue weighted by molar-refractivity contribution is 6.30. The maximum atomic E-state index is 6.05. The number of benzene rings is 3. The van der Waals surface area contributed by atoms with Crippen molar-refractivity contribution >= 4 is 28.1 Å². The van der Waals surface area contributed by atoms with Crippen LogP contribution in [-0.2, 0) is 6.54 Å². The van der Waals surface area contributed by atoms with Gasteiger partial charge in [-0.2, -0.15) is 0 Å². The van der Waals surface area contributed by atoms with Crippen LogP contribution in [-0.4, -0.2) is 7.11 Å². The summed E-state index contributed by atoms with van der Waals surface area (Å²) in [6.45, 7) is 0.669. The Morgan fingerprint density at radius 3 is 2.57 bits per heavy atom. The Bertz CT molecular complexity index is 770. The number of anilines is 1. The van der Waals surface area contributed by atoms with Crippen LogP contribution in [0.15, 0.2) is 60.7 Å². The summed E-state index contributed by atoms with van der Waals surface area (Å²) in [5.74, 6) is 0.840. The van der Waals surface area contributed by atoms with Gasteiger partial charge in [-0.3, -0.25) is 0 Å². The number of hydrogen-bond donors (Lipinski definition) is 1. The number of hydrogen-bond acceptors (Lipinski definition) is 2. The highest BCUT2D eigenvalue weighted by atomic mass is 35.5. The molecule has 0 radical (unpaired) electrons. The van der Waals surface area contributed by atoms with Gasteiger partial charge in [-0.1, -0.05) is 41.9 Å². The molecule has 0 saturated carbocycles. The summed E-state index contributed by atoms with van der Waals surface area (Å²) in [4.78, 5) is 0. The van der Waals surface area contributed by atoms with E-state index >= 15 is 0 Å². The van der Waals surface area contributed by atoms with Crippen LogP contribution in [0.4, 0.5) is 5.69 Å². The van der Waals surface area contributed by atoms with E-state index in [9.17, 15) is 0 Å².